The molecule has 1 aromatic heterocycles. The van der Waals surface area contributed by atoms with E-state index in [1.807, 2.05) is 54.6 Å². The van der Waals surface area contributed by atoms with E-state index in [9.17, 15) is 4.79 Å². The third-order valence-electron chi connectivity index (χ3n) is 3.12. The maximum atomic E-state index is 10.0. The molecule has 26 heavy (non-hydrogen) atoms. The molecule has 3 rings (SSSR count). The molecule has 4 nitrogen and oxygen atoms in total. The zero-order chi connectivity index (χ0) is 18.1. The minimum absolute atomic E-state index is 0. The van der Waals surface area contributed by atoms with Crippen molar-refractivity contribution in [1.82, 2.24) is 9.97 Å². The smallest absolute Gasteiger partial charge is 0.155 e. The Morgan fingerprint density at radius 1 is 0.962 bits per heavy atom. The topological polar surface area (TPSA) is 63.1 Å². The molecule has 2 aromatic carbocycles. The molecule has 0 atom stereocenters. The third-order valence-corrected chi connectivity index (χ3v) is 3.12. The summed E-state index contributed by atoms with van der Waals surface area (Å²) in [5, 5.41) is 8.36. The van der Waals surface area contributed by atoms with Crippen LogP contribution in [0.5, 0.6) is 0 Å². The summed E-state index contributed by atoms with van der Waals surface area (Å²) in [7, 11) is 0. The SMILES string of the molecule is CC(=O)C=C(C)O.[Ir].[c-]1ccccc1-c1nccnc1-c1ccccc1. The number of aromatic nitrogens is 2. The number of hydrogen-bond acceptors (Lipinski definition) is 4. The maximum absolute atomic E-state index is 10.0. The number of aliphatic hydroxyl groups excluding tert-OH is 1. The van der Waals surface area contributed by atoms with E-state index in [4.69, 9.17) is 5.11 Å². The first-order chi connectivity index (χ1) is 12.1. The van der Waals surface area contributed by atoms with Crippen molar-refractivity contribution < 1.29 is 30.0 Å². The van der Waals surface area contributed by atoms with Crippen molar-refractivity contribution in [2.45, 2.75) is 13.8 Å². The third kappa shape index (κ3) is 6.71. The molecule has 1 N–H and O–H groups in total. The van der Waals surface area contributed by atoms with Gasteiger partial charge < -0.3 is 10.1 Å². The molecule has 0 bridgehead atoms. The number of carbonyl (C=O) groups excluding carboxylic acids is 1. The number of hydrogen-bond donors (Lipinski definition) is 1. The fourth-order valence-corrected chi connectivity index (χ4v) is 2.18. The van der Waals surface area contributed by atoms with Crippen molar-refractivity contribution in [3.05, 3.63) is 84.9 Å². The van der Waals surface area contributed by atoms with Crippen LogP contribution in [0.2, 0.25) is 0 Å². The van der Waals surface area contributed by atoms with Gasteiger partial charge in [0.15, 0.2) is 5.78 Å². The van der Waals surface area contributed by atoms with E-state index < -0.39 is 0 Å². The van der Waals surface area contributed by atoms with Crippen molar-refractivity contribution >= 4 is 5.78 Å². The molecule has 135 valence electrons. The summed E-state index contributed by atoms with van der Waals surface area (Å²) in [6, 6.07) is 21.1. The summed E-state index contributed by atoms with van der Waals surface area (Å²) in [5.41, 5.74) is 3.78. The second-order valence-corrected chi connectivity index (χ2v) is 5.29. The van der Waals surface area contributed by atoms with Gasteiger partial charge in [-0.1, -0.05) is 30.3 Å². The zero-order valence-electron chi connectivity index (χ0n) is 14.5. The van der Waals surface area contributed by atoms with Gasteiger partial charge in [-0.25, -0.2) is 0 Å². The molecule has 1 radical (unpaired) electrons. The number of rotatable bonds is 3. The molecule has 0 fully saturated rings. The van der Waals surface area contributed by atoms with E-state index in [0.717, 1.165) is 22.5 Å². The van der Waals surface area contributed by atoms with Crippen LogP contribution in [0.4, 0.5) is 0 Å². The summed E-state index contributed by atoms with van der Waals surface area (Å²) in [5.74, 6) is -0.0625. The molecule has 0 saturated heterocycles. The zero-order valence-corrected chi connectivity index (χ0v) is 16.9. The Balaban J connectivity index is 0.000000366. The van der Waals surface area contributed by atoms with E-state index in [-0.39, 0.29) is 31.6 Å². The van der Waals surface area contributed by atoms with Crippen molar-refractivity contribution in [3.63, 3.8) is 0 Å². The number of aliphatic hydroxyl groups is 1. The van der Waals surface area contributed by atoms with Crippen LogP contribution in [0, 0.1) is 6.07 Å². The van der Waals surface area contributed by atoms with Crippen LogP contribution >= 0.6 is 0 Å². The summed E-state index contributed by atoms with van der Waals surface area (Å²) < 4.78 is 0. The molecule has 0 unspecified atom stereocenters. The molecule has 0 aliphatic heterocycles. The van der Waals surface area contributed by atoms with Gasteiger partial charge in [0.25, 0.3) is 0 Å². The van der Waals surface area contributed by atoms with Crippen molar-refractivity contribution in [3.8, 4) is 22.5 Å². The van der Waals surface area contributed by atoms with Gasteiger partial charge in [0.05, 0.1) is 11.5 Å². The maximum Gasteiger partial charge on any atom is 0.155 e. The van der Waals surface area contributed by atoms with Crippen LogP contribution in [-0.2, 0) is 24.9 Å². The summed E-state index contributed by atoms with van der Waals surface area (Å²) >= 11 is 0. The standard InChI is InChI=1S/C16H11N2.C5H8O2.Ir/c1-3-7-13(8-4-1)15-16(18-12-11-17-15)14-9-5-2-6-10-14;1-4(6)3-5(2)7;/h1-9,11-12H;3,6H,1-2H3;/q-1;;. The molecule has 0 spiro atoms. The van der Waals surface area contributed by atoms with Gasteiger partial charge in [0.2, 0.25) is 0 Å². The monoisotopic (exact) mass is 524 g/mol. The van der Waals surface area contributed by atoms with E-state index in [2.05, 4.69) is 16.0 Å². The van der Waals surface area contributed by atoms with Gasteiger partial charge in [-0.05, 0) is 19.4 Å². The predicted molar refractivity (Wildman–Crippen MR) is 98.8 cm³/mol. The Morgan fingerprint density at radius 2 is 1.58 bits per heavy atom. The Labute approximate surface area is 167 Å². The van der Waals surface area contributed by atoms with Gasteiger partial charge >= 0.3 is 0 Å². The molecule has 0 aliphatic carbocycles. The summed E-state index contributed by atoms with van der Waals surface area (Å²) in [4.78, 5) is 18.9. The van der Waals surface area contributed by atoms with Crippen LogP contribution < -0.4 is 0 Å². The van der Waals surface area contributed by atoms with E-state index in [1.165, 1.54) is 19.9 Å². The average Bonchev–Trinajstić information content (AvgIpc) is 2.63. The van der Waals surface area contributed by atoms with Crippen LogP contribution in [0.1, 0.15) is 13.8 Å². The minimum Gasteiger partial charge on any atom is -0.512 e. The molecular formula is C21H19IrN2O2-. The first kappa shape index (κ1) is 21.4. The van der Waals surface area contributed by atoms with Gasteiger partial charge in [-0.15, -0.1) is 35.9 Å². The first-order valence-electron chi connectivity index (χ1n) is 7.79. The Bertz CT molecular complexity index is 788. The second-order valence-electron chi connectivity index (χ2n) is 5.29. The van der Waals surface area contributed by atoms with E-state index in [0.29, 0.717) is 0 Å². The molecular weight excluding hydrogens is 504 g/mol. The van der Waals surface area contributed by atoms with Gasteiger partial charge in [0, 0.05) is 44.3 Å². The summed E-state index contributed by atoms with van der Waals surface area (Å²) in [6.07, 6.45) is 4.59. The first-order valence-corrected chi connectivity index (χ1v) is 7.79. The Morgan fingerprint density at radius 3 is 2.08 bits per heavy atom. The van der Waals surface area contributed by atoms with Gasteiger partial charge in [0.1, 0.15) is 0 Å². The Hall–Kier alpha value is -2.62. The van der Waals surface area contributed by atoms with E-state index in [1.54, 1.807) is 12.4 Å². The fraction of sp³-hybridized carbons (Fsp3) is 0.0952. The molecule has 0 saturated carbocycles. The number of benzene rings is 2. The van der Waals surface area contributed by atoms with Crippen molar-refractivity contribution in [2.75, 3.05) is 0 Å². The molecule has 0 amide bonds. The van der Waals surface area contributed by atoms with Gasteiger partial charge in [-0.3, -0.25) is 9.78 Å². The minimum atomic E-state index is -0.125. The van der Waals surface area contributed by atoms with Crippen LogP contribution in [0.15, 0.2) is 78.8 Å². The number of carbonyl (C=O) groups is 1. The summed E-state index contributed by atoms with van der Waals surface area (Å²) in [6.45, 7) is 2.85. The normalized spacial score (nSPS) is 10.2. The number of ketones is 1. The van der Waals surface area contributed by atoms with E-state index >= 15 is 0 Å². The average molecular weight is 524 g/mol. The fourth-order valence-electron chi connectivity index (χ4n) is 2.18. The molecule has 1 heterocycles. The Kier molecular flexibility index (Phi) is 9.13. The molecule has 5 heteroatoms. The quantitative estimate of drug-likeness (QED) is 0.309. The number of nitrogens with zero attached hydrogens (tertiary/aromatic N) is 2. The van der Waals surface area contributed by atoms with Crippen LogP contribution in [-0.4, -0.2) is 20.9 Å². The second kappa shape index (κ2) is 11.1. The van der Waals surface area contributed by atoms with Crippen LogP contribution in [0.25, 0.3) is 22.5 Å². The number of allylic oxidation sites excluding steroid dienone is 2. The van der Waals surface area contributed by atoms with Gasteiger partial charge in [-0.2, -0.15) is 0 Å². The largest absolute Gasteiger partial charge is 0.512 e. The van der Waals surface area contributed by atoms with Crippen molar-refractivity contribution in [2.24, 2.45) is 0 Å². The van der Waals surface area contributed by atoms with Crippen LogP contribution in [0.3, 0.4) is 0 Å². The molecule has 3 aromatic rings. The van der Waals surface area contributed by atoms with Crippen molar-refractivity contribution in [1.29, 1.82) is 0 Å². The predicted octanol–water partition coefficient (Wildman–Crippen LogP) is 4.65. The molecule has 0 aliphatic rings.